The monoisotopic (exact) mass is 270 g/mol. The Bertz CT molecular complexity index is 425. The van der Waals surface area contributed by atoms with E-state index in [1.807, 2.05) is 17.8 Å². The number of imidazole rings is 1. The zero-order chi connectivity index (χ0) is 13.2. The molecular formula is C12H18N2O3S. The fourth-order valence-corrected chi connectivity index (χ4v) is 3.32. The number of carbonyl (C=O) groups is 1. The summed E-state index contributed by atoms with van der Waals surface area (Å²) >= 11 is 1.52. The Morgan fingerprint density at radius 1 is 1.61 bits per heavy atom. The van der Waals surface area contributed by atoms with Crippen LogP contribution in [0, 0.1) is 5.92 Å². The van der Waals surface area contributed by atoms with Gasteiger partial charge in [0.1, 0.15) is 0 Å². The maximum Gasteiger partial charge on any atom is 0.306 e. The number of aliphatic hydroxyl groups is 1. The molecule has 1 fully saturated rings. The third-order valence-electron chi connectivity index (χ3n) is 3.51. The molecule has 0 radical (unpaired) electrons. The lowest BCUT2D eigenvalue weighted by molar-refractivity contribution is -0.144. The van der Waals surface area contributed by atoms with Crippen LogP contribution in [0.3, 0.4) is 0 Å². The first kappa shape index (κ1) is 13.4. The number of thioether (sulfide) groups is 1. The van der Waals surface area contributed by atoms with E-state index in [0.717, 1.165) is 5.16 Å². The molecule has 1 aliphatic carbocycles. The van der Waals surface area contributed by atoms with E-state index in [1.165, 1.54) is 11.8 Å². The van der Waals surface area contributed by atoms with Crippen molar-refractivity contribution < 1.29 is 15.0 Å². The minimum atomic E-state index is -0.747. The van der Waals surface area contributed by atoms with E-state index in [4.69, 9.17) is 5.11 Å². The van der Waals surface area contributed by atoms with Gasteiger partial charge < -0.3 is 14.8 Å². The fraction of sp³-hybridized carbons (Fsp3) is 0.667. The molecule has 1 heterocycles. The summed E-state index contributed by atoms with van der Waals surface area (Å²) in [7, 11) is 1.92. The molecule has 2 N–H and O–H groups in total. The maximum atomic E-state index is 10.9. The van der Waals surface area contributed by atoms with Gasteiger partial charge in [-0.1, -0.05) is 11.8 Å². The topological polar surface area (TPSA) is 75.3 Å². The van der Waals surface area contributed by atoms with E-state index in [2.05, 4.69) is 4.98 Å². The average Bonchev–Trinajstić information content (AvgIpc) is 2.73. The number of rotatable bonds is 4. The predicted octanol–water partition coefficient (Wildman–Crippen LogP) is 1.52. The average molecular weight is 270 g/mol. The highest BCUT2D eigenvalue weighted by Crippen LogP contribution is 2.35. The number of carboxylic acids is 1. The smallest absolute Gasteiger partial charge is 0.306 e. The highest BCUT2D eigenvalue weighted by molar-refractivity contribution is 7.99. The molecule has 0 saturated heterocycles. The Labute approximate surface area is 110 Å². The van der Waals surface area contributed by atoms with Crippen molar-refractivity contribution in [1.82, 2.24) is 9.55 Å². The highest BCUT2D eigenvalue weighted by Gasteiger charge is 2.35. The number of aromatic nitrogens is 2. The minimum Gasteiger partial charge on any atom is -0.481 e. The van der Waals surface area contributed by atoms with E-state index in [9.17, 15) is 9.90 Å². The van der Waals surface area contributed by atoms with Crippen molar-refractivity contribution in [3.63, 3.8) is 0 Å². The van der Waals surface area contributed by atoms with Gasteiger partial charge >= 0.3 is 5.97 Å². The number of aryl methyl sites for hydroxylation is 1. The number of nitrogens with zero attached hydrogens (tertiary/aromatic N) is 2. The Kier molecular flexibility index (Phi) is 3.97. The van der Waals surface area contributed by atoms with E-state index in [-0.39, 0.29) is 5.92 Å². The third kappa shape index (κ3) is 3.05. The van der Waals surface area contributed by atoms with E-state index >= 15 is 0 Å². The van der Waals surface area contributed by atoms with E-state index < -0.39 is 11.6 Å². The Balaban J connectivity index is 1.86. The summed E-state index contributed by atoms with van der Waals surface area (Å²) < 4.78 is 1.91. The molecule has 0 aliphatic heterocycles. The summed E-state index contributed by atoms with van der Waals surface area (Å²) in [5, 5.41) is 20.2. The summed E-state index contributed by atoms with van der Waals surface area (Å²) in [6.07, 6.45) is 5.84. The van der Waals surface area contributed by atoms with Crippen molar-refractivity contribution in [2.75, 3.05) is 5.75 Å². The first-order valence-electron chi connectivity index (χ1n) is 6.05. The van der Waals surface area contributed by atoms with Crippen LogP contribution >= 0.6 is 11.8 Å². The molecule has 5 nitrogen and oxygen atoms in total. The van der Waals surface area contributed by atoms with Gasteiger partial charge in [0.25, 0.3) is 0 Å². The van der Waals surface area contributed by atoms with E-state index in [1.54, 1.807) is 6.20 Å². The molecule has 1 aromatic rings. The van der Waals surface area contributed by atoms with Gasteiger partial charge in [0.05, 0.1) is 11.5 Å². The molecule has 0 atom stereocenters. The Morgan fingerprint density at radius 3 is 2.78 bits per heavy atom. The summed E-state index contributed by atoms with van der Waals surface area (Å²) in [6.45, 7) is 0. The lowest BCUT2D eigenvalue weighted by Crippen LogP contribution is -2.38. The number of hydrogen-bond acceptors (Lipinski definition) is 4. The lowest BCUT2D eigenvalue weighted by Gasteiger charge is -2.34. The van der Waals surface area contributed by atoms with Gasteiger partial charge in [0.2, 0.25) is 0 Å². The SMILES string of the molecule is Cn1ccnc1SCC1(O)CCC(C(=O)O)CC1. The van der Waals surface area contributed by atoms with Crippen LogP contribution in [0.2, 0.25) is 0 Å². The van der Waals surface area contributed by atoms with Crippen LogP contribution in [-0.4, -0.2) is 37.1 Å². The van der Waals surface area contributed by atoms with Crippen molar-refractivity contribution in [3.8, 4) is 0 Å². The molecule has 2 rings (SSSR count). The molecule has 0 unspecified atom stereocenters. The number of carboxylic acid groups (broad SMARTS) is 1. The van der Waals surface area contributed by atoms with Gasteiger partial charge in [-0.25, -0.2) is 4.98 Å². The zero-order valence-electron chi connectivity index (χ0n) is 10.4. The van der Waals surface area contributed by atoms with Crippen molar-refractivity contribution >= 4 is 17.7 Å². The molecule has 1 aliphatic rings. The van der Waals surface area contributed by atoms with Crippen LogP contribution in [0.1, 0.15) is 25.7 Å². The number of aliphatic carboxylic acids is 1. The summed E-state index contributed by atoms with van der Waals surface area (Å²) in [5.41, 5.74) is -0.747. The summed E-state index contributed by atoms with van der Waals surface area (Å²) in [4.78, 5) is 15.0. The zero-order valence-corrected chi connectivity index (χ0v) is 11.2. The first-order chi connectivity index (χ1) is 8.50. The van der Waals surface area contributed by atoms with E-state index in [0.29, 0.717) is 31.4 Å². The normalized spacial score (nSPS) is 28.2. The van der Waals surface area contributed by atoms with Crippen LogP contribution in [0.15, 0.2) is 17.6 Å². The van der Waals surface area contributed by atoms with Crippen LogP contribution in [-0.2, 0) is 11.8 Å². The molecule has 0 bridgehead atoms. The summed E-state index contributed by atoms with van der Waals surface area (Å²) in [6, 6.07) is 0. The molecule has 1 aromatic heterocycles. The molecule has 18 heavy (non-hydrogen) atoms. The molecule has 6 heteroatoms. The molecule has 1 saturated carbocycles. The standard InChI is InChI=1S/C12H18N2O3S/c1-14-7-6-13-11(14)18-8-12(17)4-2-9(3-5-12)10(15)16/h6-7,9,17H,2-5,8H2,1H3,(H,15,16). The second kappa shape index (κ2) is 5.32. The molecule has 0 amide bonds. The van der Waals surface area contributed by atoms with Crippen molar-refractivity contribution in [3.05, 3.63) is 12.4 Å². The van der Waals surface area contributed by atoms with Crippen LogP contribution in [0.5, 0.6) is 0 Å². The van der Waals surface area contributed by atoms with Gasteiger partial charge in [-0.15, -0.1) is 0 Å². The number of hydrogen-bond donors (Lipinski definition) is 2. The molecule has 100 valence electrons. The van der Waals surface area contributed by atoms with Gasteiger partial charge in [-0.2, -0.15) is 0 Å². The van der Waals surface area contributed by atoms with Gasteiger partial charge in [0, 0.05) is 25.2 Å². The first-order valence-corrected chi connectivity index (χ1v) is 7.04. The van der Waals surface area contributed by atoms with Gasteiger partial charge in [-0.05, 0) is 25.7 Å². The van der Waals surface area contributed by atoms with Crippen LogP contribution in [0.25, 0.3) is 0 Å². The Hall–Kier alpha value is -1.01. The van der Waals surface area contributed by atoms with Crippen molar-refractivity contribution in [2.45, 2.75) is 36.4 Å². The second-order valence-corrected chi connectivity index (χ2v) is 5.89. The quantitative estimate of drug-likeness (QED) is 0.811. The van der Waals surface area contributed by atoms with Crippen LogP contribution in [0.4, 0.5) is 0 Å². The predicted molar refractivity (Wildman–Crippen MR) is 68.5 cm³/mol. The maximum absolute atomic E-state index is 10.9. The molecule has 0 aromatic carbocycles. The van der Waals surface area contributed by atoms with Crippen molar-refractivity contribution in [1.29, 1.82) is 0 Å². The second-order valence-electron chi connectivity index (χ2n) is 4.95. The fourth-order valence-electron chi connectivity index (χ4n) is 2.24. The molecule has 0 spiro atoms. The molecular weight excluding hydrogens is 252 g/mol. The van der Waals surface area contributed by atoms with Crippen molar-refractivity contribution in [2.24, 2.45) is 13.0 Å². The van der Waals surface area contributed by atoms with Crippen LogP contribution < -0.4 is 0 Å². The Morgan fingerprint density at radius 2 is 2.28 bits per heavy atom. The lowest BCUT2D eigenvalue weighted by atomic mass is 9.80. The minimum absolute atomic E-state index is 0.288. The largest absolute Gasteiger partial charge is 0.481 e. The highest BCUT2D eigenvalue weighted by atomic mass is 32.2. The van der Waals surface area contributed by atoms with Gasteiger partial charge in [-0.3, -0.25) is 4.79 Å². The summed E-state index contributed by atoms with van der Waals surface area (Å²) in [5.74, 6) is -0.457. The van der Waals surface area contributed by atoms with Gasteiger partial charge in [0.15, 0.2) is 5.16 Å². The third-order valence-corrected chi connectivity index (χ3v) is 4.85.